The number of fused-ring (bicyclic) bond motifs is 1. The number of nitrogens with zero attached hydrogens (tertiary/aromatic N) is 3. The average molecular weight is 303 g/mol. The average Bonchev–Trinajstić information content (AvgIpc) is 2.97. The minimum atomic E-state index is 0.611. The van der Waals surface area contributed by atoms with Crippen LogP contribution in [0.3, 0.4) is 0 Å². The Morgan fingerprint density at radius 3 is 2.95 bits per heavy atom. The van der Waals surface area contributed by atoms with E-state index in [1.54, 1.807) is 0 Å². The Kier molecular flexibility index (Phi) is 4.71. The Morgan fingerprint density at radius 2 is 2.23 bits per heavy atom. The molecule has 1 aliphatic carbocycles. The molecule has 5 nitrogen and oxygen atoms in total. The van der Waals surface area contributed by atoms with Gasteiger partial charge in [-0.2, -0.15) is 0 Å². The fourth-order valence-corrected chi connectivity index (χ4v) is 3.38. The van der Waals surface area contributed by atoms with Crippen LogP contribution in [0, 0.1) is 11.8 Å². The summed E-state index contributed by atoms with van der Waals surface area (Å²) in [4.78, 5) is 1.83. The number of nitrogens with two attached hydrogens (primary N) is 1. The van der Waals surface area contributed by atoms with Crippen molar-refractivity contribution in [3.8, 4) is 0 Å². The summed E-state index contributed by atoms with van der Waals surface area (Å²) in [6, 6.07) is 4.24. The zero-order valence-corrected chi connectivity index (χ0v) is 13.9. The monoisotopic (exact) mass is 303 g/mol. The molecule has 22 heavy (non-hydrogen) atoms. The Hall–Kier alpha value is -1.49. The Bertz CT molecular complexity index is 608. The topological polar surface area (TPSA) is 60.3 Å². The van der Waals surface area contributed by atoms with E-state index in [2.05, 4.69) is 34.0 Å². The van der Waals surface area contributed by atoms with Crippen LogP contribution in [-0.2, 0) is 13.5 Å². The first-order valence-corrected chi connectivity index (χ1v) is 8.65. The summed E-state index contributed by atoms with van der Waals surface area (Å²) in [6.45, 7) is 4.64. The van der Waals surface area contributed by atoms with Gasteiger partial charge in [-0.1, -0.05) is 26.2 Å². The molecule has 122 valence electrons. The van der Waals surface area contributed by atoms with Gasteiger partial charge in [-0.05, 0) is 56.3 Å². The summed E-state index contributed by atoms with van der Waals surface area (Å²) in [6.07, 6.45) is 7.97. The third kappa shape index (κ3) is 3.29. The fourth-order valence-electron chi connectivity index (χ4n) is 3.38. The fraction of sp³-hybridized carbons (Fsp3) is 0.706. The lowest BCUT2D eigenvalue weighted by molar-refractivity contribution is 0.289. The first-order valence-electron chi connectivity index (χ1n) is 8.65. The maximum atomic E-state index is 5.91. The van der Waals surface area contributed by atoms with E-state index in [1.165, 1.54) is 44.3 Å². The molecule has 0 amide bonds. The molecule has 2 heterocycles. The third-order valence-corrected chi connectivity index (χ3v) is 5.08. The van der Waals surface area contributed by atoms with Gasteiger partial charge < -0.3 is 11.1 Å². The molecule has 1 aliphatic rings. The molecular formula is C17H29N5. The van der Waals surface area contributed by atoms with Crippen LogP contribution in [-0.4, -0.2) is 27.5 Å². The van der Waals surface area contributed by atoms with Crippen molar-refractivity contribution < 1.29 is 0 Å². The van der Waals surface area contributed by atoms with E-state index >= 15 is 0 Å². The second kappa shape index (κ2) is 6.73. The van der Waals surface area contributed by atoms with Crippen LogP contribution >= 0.6 is 0 Å². The molecule has 2 aromatic heterocycles. The highest BCUT2D eigenvalue weighted by atomic mass is 15.5. The summed E-state index contributed by atoms with van der Waals surface area (Å²) in [5.74, 6) is 2.31. The minimum absolute atomic E-state index is 0.611. The summed E-state index contributed by atoms with van der Waals surface area (Å²) in [7, 11) is 1.94. The maximum Gasteiger partial charge on any atom is 0.171 e. The van der Waals surface area contributed by atoms with Gasteiger partial charge in [0.05, 0.1) is 0 Å². The number of nitrogen functional groups attached to an aromatic ring is 1. The van der Waals surface area contributed by atoms with Gasteiger partial charge in [-0.15, -0.1) is 5.10 Å². The lowest BCUT2D eigenvalue weighted by atomic mass is 9.83. The molecule has 1 saturated carbocycles. The SMILES string of the molecule is CC(CCc1ccc2c(N)nn(C)n12)CNCCC1CCC1. The number of anilines is 1. The quantitative estimate of drug-likeness (QED) is 0.737. The Morgan fingerprint density at radius 1 is 1.41 bits per heavy atom. The van der Waals surface area contributed by atoms with E-state index in [-0.39, 0.29) is 0 Å². The van der Waals surface area contributed by atoms with Crippen LogP contribution in [0.2, 0.25) is 0 Å². The van der Waals surface area contributed by atoms with Gasteiger partial charge >= 0.3 is 0 Å². The number of hydrogen-bond donors (Lipinski definition) is 2. The molecule has 1 atom stereocenters. The maximum absolute atomic E-state index is 5.91. The standard InChI is InChI=1S/C17H29N5/c1-13(12-19-11-10-14-4-3-5-14)6-7-15-8-9-16-17(18)20-21(2)22(15)16/h8-9,13-14,19H,3-7,10-12H2,1-2H3,(H2,18,20). The molecule has 1 unspecified atom stereocenters. The first-order chi connectivity index (χ1) is 10.6. The van der Waals surface area contributed by atoms with E-state index in [0.717, 1.165) is 24.4 Å². The highest BCUT2D eigenvalue weighted by Crippen LogP contribution is 2.28. The molecule has 0 saturated heterocycles. The van der Waals surface area contributed by atoms with E-state index in [4.69, 9.17) is 5.73 Å². The van der Waals surface area contributed by atoms with Crippen LogP contribution in [0.5, 0.6) is 0 Å². The van der Waals surface area contributed by atoms with E-state index in [9.17, 15) is 0 Å². The molecule has 0 aromatic carbocycles. The first kappa shape index (κ1) is 15.4. The van der Waals surface area contributed by atoms with Crippen LogP contribution in [0.4, 0.5) is 5.82 Å². The van der Waals surface area contributed by atoms with Crippen molar-refractivity contribution in [1.29, 1.82) is 0 Å². The second-order valence-electron chi connectivity index (χ2n) is 6.93. The van der Waals surface area contributed by atoms with E-state index in [0.29, 0.717) is 11.7 Å². The van der Waals surface area contributed by atoms with Crippen molar-refractivity contribution in [3.63, 3.8) is 0 Å². The predicted octanol–water partition coefficient (Wildman–Crippen LogP) is 2.60. The van der Waals surface area contributed by atoms with E-state index < -0.39 is 0 Å². The largest absolute Gasteiger partial charge is 0.380 e. The van der Waals surface area contributed by atoms with Crippen LogP contribution in [0.1, 0.15) is 44.7 Å². The minimum Gasteiger partial charge on any atom is -0.380 e. The lowest BCUT2D eigenvalue weighted by Crippen LogP contribution is -2.25. The summed E-state index contributed by atoms with van der Waals surface area (Å²) >= 11 is 0. The number of aryl methyl sites for hydroxylation is 2. The van der Waals surface area contributed by atoms with Crippen LogP contribution in [0.15, 0.2) is 12.1 Å². The Balaban J connectivity index is 1.42. The normalized spacial score (nSPS) is 17.0. The number of hydrogen-bond acceptors (Lipinski definition) is 3. The predicted molar refractivity (Wildman–Crippen MR) is 90.9 cm³/mol. The van der Waals surface area contributed by atoms with Crippen molar-refractivity contribution in [2.24, 2.45) is 18.9 Å². The number of nitrogens with one attached hydrogen (secondary N) is 1. The molecule has 0 aliphatic heterocycles. The highest BCUT2D eigenvalue weighted by molar-refractivity contribution is 5.65. The summed E-state index contributed by atoms with van der Waals surface area (Å²) < 4.78 is 2.12. The van der Waals surface area contributed by atoms with Gasteiger partial charge in [0.15, 0.2) is 5.82 Å². The van der Waals surface area contributed by atoms with Gasteiger partial charge in [0.25, 0.3) is 0 Å². The molecule has 3 rings (SSSR count). The molecule has 1 fully saturated rings. The van der Waals surface area contributed by atoms with Crippen molar-refractivity contribution in [1.82, 2.24) is 19.7 Å². The molecule has 0 bridgehead atoms. The molecule has 5 heteroatoms. The molecule has 3 N–H and O–H groups in total. The molecule has 0 radical (unpaired) electrons. The lowest BCUT2D eigenvalue weighted by Gasteiger charge is -2.25. The third-order valence-electron chi connectivity index (χ3n) is 5.08. The van der Waals surface area contributed by atoms with Gasteiger partial charge in [0.2, 0.25) is 0 Å². The van der Waals surface area contributed by atoms with Gasteiger partial charge in [-0.3, -0.25) is 0 Å². The molecular weight excluding hydrogens is 274 g/mol. The van der Waals surface area contributed by atoms with E-state index in [1.807, 2.05) is 11.8 Å². The van der Waals surface area contributed by atoms with Crippen LogP contribution in [0.25, 0.3) is 5.52 Å². The van der Waals surface area contributed by atoms with Gasteiger partial charge in [0.1, 0.15) is 5.52 Å². The summed E-state index contributed by atoms with van der Waals surface area (Å²) in [5.41, 5.74) is 8.22. The van der Waals surface area contributed by atoms with Crippen molar-refractivity contribution in [2.45, 2.75) is 45.4 Å². The summed E-state index contributed by atoms with van der Waals surface area (Å²) in [5, 5.41) is 7.90. The number of aromatic nitrogens is 3. The zero-order chi connectivity index (χ0) is 15.5. The van der Waals surface area contributed by atoms with Gasteiger partial charge in [-0.25, -0.2) is 9.31 Å². The zero-order valence-electron chi connectivity index (χ0n) is 13.9. The van der Waals surface area contributed by atoms with Crippen LogP contribution < -0.4 is 11.1 Å². The van der Waals surface area contributed by atoms with Crippen molar-refractivity contribution in [3.05, 3.63) is 17.8 Å². The second-order valence-corrected chi connectivity index (χ2v) is 6.93. The van der Waals surface area contributed by atoms with Gasteiger partial charge in [0, 0.05) is 12.7 Å². The molecule has 0 spiro atoms. The smallest absolute Gasteiger partial charge is 0.171 e. The van der Waals surface area contributed by atoms with Crippen molar-refractivity contribution in [2.75, 3.05) is 18.8 Å². The number of rotatable bonds is 8. The Labute approximate surface area is 132 Å². The molecule has 2 aromatic rings. The van der Waals surface area contributed by atoms with Crippen molar-refractivity contribution >= 4 is 11.3 Å². The highest BCUT2D eigenvalue weighted by Gasteiger charge is 2.16.